The Morgan fingerprint density at radius 3 is 2.08 bits per heavy atom. The van der Waals surface area contributed by atoms with E-state index in [1.54, 1.807) is 0 Å². The first-order valence-corrected chi connectivity index (χ1v) is 7.04. The molecule has 1 atom stereocenters. The predicted molar refractivity (Wildman–Crippen MR) is 79.9 cm³/mol. The molecule has 0 amide bonds. The van der Waals surface area contributed by atoms with Gasteiger partial charge in [0.15, 0.2) is 0 Å². The van der Waals surface area contributed by atoms with E-state index in [0.717, 1.165) is 0 Å². The van der Waals surface area contributed by atoms with Crippen LogP contribution in [-0.2, 0) is 4.79 Å². The number of phenolic OH excluding ortho intramolecular Hbond substituents is 1. The van der Waals surface area contributed by atoms with Gasteiger partial charge < -0.3 is 14.6 Å². The van der Waals surface area contributed by atoms with E-state index in [2.05, 4.69) is 0 Å². The Balaban J connectivity index is 2.21. The molecule has 2 rings (SSSR count). The standard InChI is InChI=1S/C17H15F3O4/c1-11(21)23-14-6-2-12(3-7-14)16(10-17(18,19)20)24-15-8-4-13(22)5-9-15/h2-9,16,22H,10H2,1H3. The highest BCUT2D eigenvalue weighted by Gasteiger charge is 2.34. The van der Waals surface area contributed by atoms with Crippen molar-refractivity contribution in [2.24, 2.45) is 0 Å². The van der Waals surface area contributed by atoms with Crippen LogP contribution < -0.4 is 9.47 Å². The van der Waals surface area contributed by atoms with Gasteiger partial charge in [-0.2, -0.15) is 13.2 Å². The maximum absolute atomic E-state index is 12.8. The molecule has 7 heteroatoms. The van der Waals surface area contributed by atoms with Gasteiger partial charge in [-0.1, -0.05) is 12.1 Å². The summed E-state index contributed by atoms with van der Waals surface area (Å²) in [6.45, 7) is 1.23. The third-order valence-corrected chi connectivity index (χ3v) is 3.05. The van der Waals surface area contributed by atoms with Gasteiger partial charge in [0.1, 0.15) is 23.4 Å². The van der Waals surface area contributed by atoms with Crippen LogP contribution in [0.5, 0.6) is 17.2 Å². The van der Waals surface area contributed by atoms with Crippen molar-refractivity contribution in [2.45, 2.75) is 25.6 Å². The summed E-state index contributed by atoms with van der Waals surface area (Å²) in [5.74, 6) is -0.0943. The highest BCUT2D eigenvalue weighted by atomic mass is 19.4. The van der Waals surface area contributed by atoms with Crippen molar-refractivity contribution in [2.75, 3.05) is 0 Å². The Morgan fingerprint density at radius 1 is 1.04 bits per heavy atom. The molecule has 2 aromatic carbocycles. The van der Waals surface area contributed by atoms with Gasteiger partial charge in [-0.3, -0.25) is 4.79 Å². The maximum Gasteiger partial charge on any atom is 0.392 e. The SMILES string of the molecule is CC(=O)Oc1ccc(C(CC(F)(F)F)Oc2ccc(O)cc2)cc1. The molecule has 0 aliphatic rings. The number of rotatable bonds is 5. The van der Waals surface area contributed by atoms with Crippen LogP contribution in [0.1, 0.15) is 25.0 Å². The van der Waals surface area contributed by atoms with Gasteiger partial charge in [-0.05, 0) is 42.0 Å². The summed E-state index contributed by atoms with van der Waals surface area (Å²) in [5.41, 5.74) is 0.288. The molecule has 24 heavy (non-hydrogen) atoms. The summed E-state index contributed by atoms with van der Waals surface area (Å²) in [5, 5.41) is 9.22. The number of alkyl halides is 3. The molecule has 0 saturated carbocycles. The summed E-state index contributed by atoms with van der Waals surface area (Å²) in [4.78, 5) is 10.9. The fourth-order valence-electron chi connectivity index (χ4n) is 2.04. The zero-order valence-electron chi connectivity index (χ0n) is 12.7. The molecule has 0 radical (unpaired) electrons. The van der Waals surface area contributed by atoms with Crippen LogP contribution in [-0.4, -0.2) is 17.3 Å². The number of carbonyl (C=O) groups excluding carboxylic acids is 1. The average Bonchev–Trinajstić information content (AvgIpc) is 2.48. The van der Waals surface area contributed by atoms with Crippen molar-refractivity contribution in [3.63, 3.8) is 0 Å². The highest BCUT2D eigenvalue weighted by molar-refractivity contribution is 5.69. The van der Waals surface area contributed by atoms with E-state index in [-0.39, 0.29) is 22.8 Å². The van der Waals surface area contributed by atoms with Crippen molar-refractivity contribution in [3.8, 4) is 17.2 Å². The van der Waals surface area contributed by atoms with Crippen LogP contribution in [0.4, 0.5) is 13.2 Å². The number of aromatic hydroxyl groups is 1. The van der Waals surface area contributed by atoms with Crippen LogP contribution in [0, 0.1) is 0 Å². The second-order valence-electron chi connectivity index (χ2n) is 5.08. The van der Waals surface area contributed by atoms with Crippen molar-refractivity contribution in [3.05, 3.63) is 54.1 Å². The zero-order valence-corrected chi connectivity index (χ0v) is 12.7. The molecule has 0 aromatic heterocycles. The van der Waals surface area contributed by atoms with E-state index >= 15 is 0 Å². The lowest BCUT2D eigenvalue weighted by Crippen LogP contribution is -2.18. The highest BCUT2D eigenvalue weighted by Crippen LogP contribution is 2.34. The van der Waals surface area contributed by atoms with Crippen LogP contribution in [0.3, 0.4) is 0 Å². The number of halogens is 3. The fraction of sp³-hybridized carbons (Fsp3) is 0.235. The van der Waals surface area contributed by atoms with Crippen molar-refractivity contribution in [1.29, 1.82) is 0 Å². The Morgan fingerprint density at radius 2 is 1.58 bits per heavy atom. The molecule has 0 spiro atoms. The molecule has 0 aliphatic carbocycles. The van der Waals surface area contributed by atoms with Crippen molar-refractivity contribution in [1.82, 2.24) is 0 Å². The topological polar surface area (TPSA) is 55.8 Å². The van der Waals surface area contributed by atoms with Gasteiger partial charge in [0.25, 0.3) is 0 Å². The molecule has 0 bridgehead atoms. The Hall–Kier alpha value is -2.70. The van der Waals surface area contributed by atoms with Gasteiger partial charge >= 0.3 is 12.1 Å². The summed E-state index contributed by atoms with van der Waals surface area (Å²) in [6.07, 6.45) is -6.86. The Kier molecular flexibility index (Phi) is 5.33. The number of hydrogen-bond donors (Lipinski definition) is 1. The molecule has 0 fully saturated rings. The molecule has 0 saturated heterocycles. The minimum absolute atomic E-state index is 0.0135. The second-order valence-corrected chi connectivity index (χ2v) is 5.08. The molecule has 0 heterocycles. The van der Waals surface area contributed by atoms with Gasteiger partial charge in [0.2, 0.25) is 0 Å². The lowest BCUT2D eigenvalue weighted by molar-refractivity contribution is -0.151. The zero-order chi connectivity index (χ0) is 17.7. The second kappa shape index (κ2) is 7.25. The Labute approximate surface area is 136 Å². The number of esters is 1. The summed E-state index contributed by atoms with van der Waals surface area (Å²) < 4.78 is 48.7. The molecule has 1 N–H and O–H groups in total. The van der Waals surface area contributed by atoms with Gasteiger partial charge in [0, 0.05) is 6.92 Å². The minimum Gasteiger partial charge on any atom is -0.508 e. The quantitative estimate of drug-likeness (QED) is 0.648. The first-order valence-electron chi connectivity index (χ1n) is 7.04. The van der Waals surface area contributed by atoms with Crippen LogP contribution in [0.2, 0.25) is 0 Å². The molecule has 0 aliphatic heterocycles. The van der Waals surface area contributed by atoms with E-state index in [1.165, 1.54) is 55.5 Å². The fourth-order valence-corrected chi connectivity index (χ4v) is 2.04. The van der Waals surface area contributed by atoms with Gasteiger partial charge in [0.05, 0.1) is 6.42 Å². The number of ether oxygens (including phenoxy) is 2. The number of carbonyl (C=O) groups is 1. The molecule has 1 unspecified atom stereocenters. The molecule has 2 aromatic rings. The van der Waals surface area contributed by atoms with E-state index in [9.17, 15) is 23.1 Å². The first-order chi connectivity index (χ1) is 11.2. The molecule has 4 nitrogen and oxygen atoms in total. The average molecular weight is 340 g/mol. The first kappa shape index (κ1) is 17.7. The van der Waals surface area contributed by atoms with Gasteiger partial charge in [-0.25, -0.2) is 0 Å². The minimum atomic E-state index is -4.42. The maximum atomic E-state index is 12.8. The summed E-state index contributed by atoms with van der Waals surface area (Å²) in [7, 11) is 0. The third-order valence-electron chi connectivity index (χ3n) is 3.05. The van der Waals surface area contributed by atoms with Crippen LogP contribution in [0.25, 0.3) is 0 Å². The van der Waals surface area contributed by atoms with Crippen LogP contribution >= 0.6 is 0 Å². The Bertz CT molecular complexity index is 678. The molecule has 128 valence electrons. The van der Waals surface area contributed by atoms with E-state index in [1.807, 2.05) is 0 Å². The van der Waals surface area contributed by atoms with E-state index in [0.29, 0.717) is 0 Å². The molecular weight excluding hydrogens is 325 g/mol. The summed E-state index contributed by atoms with van der Waals surface area (Å²) in [6, 6.07) is 11.0. The summed E-state index contributed by atoms with van der Waals surface area (Å²) >= 11 is 0. The number of hydrogen-bond acceptors (Lipinski definition) is 4. The van der Waals surface area contributed by atoms with Gasteiger partial charge in [-0.15, -0.1) is 0 Å². The largest absolute Gasteiger partial charge is 0.508 e. The monoisotopic (exact) mass is 340 g/mol. The number of benzene rings is 2. The van der Waals surface area contributed by atoms with E-state index < -0.39 is 24.7 Å². The van der Waals surface area contributed by atoms with E-state index in [4.69, 9.17) is 9.47 Å². The van der Waals surface area contributed by atoms with Crippen molar-refractivity contribution < 1.29 is 32.5 Å². The third kappa shape index (κ3) is 5.49. The lowest BCUT2D eigenvalue weighted by Gasteiger charge is -2.21. The lowest BCUT2D eigenvalue weighted by atomic mass is 10.1. The smallest absolute Gasteiger partial charge is 0.392 e. The normalized spacial score (nSPS) is 12.5. The van der Waals surface area contributed by atoms with Crippen molar-refractivity contribution >= 4 is 5.97 Å². The number of phenols is 1. The predicted octanol–water partition coefficient (Wildman–Crippen LogP) is 4.39. The van der Waals surface area contributed by atoms with Crippen LogP contribution in [0.15, 0.2) is 48.5 Å². The molecular formula is C17H15F3O4.